The van der Waals surface area contributed by atoms with E-state index in [4.69, 9.17) is 0 Å². The Labute approximate surface area is 111 Å². The molecule has 5 nitrogen and oxygen atoms in total. The molecule has 0 N–H and O–H groups in total. The van der Waals surface area contributed by atoms with E-state index in [1.54, 1.807) is 6.92 Å². The highest BCUT2D eigenvalue weighted by molar-refractivity contribution is 7.55. The highest BCUT2D eigenvalue weighted by Crippen LogP contribution is 2.62. The fourth-order valence-corrected chi connectivity index (χ4v) is 2.64. The van der Waals surface area contributed by atoms with Crippen LogP contribution in [-0.2, 0) is 23.1 Å². The van der Waals surface area contributed by atoms with Gasteiger partial charge < -0.3 is 13.8 Å². The fraction of sp³-hybridized carbons (Fsp3) is 0.727. The lowest BCUT2D eigenvalue weighted by molar-refractivity contribution is -0.138. The number of hydrogen-bond donors (Lipinski definition) is 0. The Morgan fingerprint density at radius 1 is 1.16 bits per heavy atom. The van der Waals surface area contributed by atoms with Crippen LogP contribution in [0.2, 0.25) is 0 Å². The van der Waals surface area contributed by atoms with Crippen LogP contribution < -0.4 is 0 Å². The zero-order chi connectivity index (χ0) is 15.1. The molecule has 0 aromatic heterocycles. The first kappa shape index (κ1) is 18.2. The summed E-state index contributed by atoms with van der Waals surface area (Å²) in [5.74, 6) is -0.901. The molecule has 0 bridgehead atoms. The van der Waals surface area contributed by atoms with Gasteiger partial charge in [-0.25, -0.2) is 4.79 Å². The molecule has 0 aromatic rings. The third-order valence-corrected chi connectivity index (χ3v) is 4.01. The molecule has 0 aliphatic heterocycles. The van der Waals surface area contributed by atoms with Gasteiger partial charge in [0.15, 0.2) is 0 Å². The number of allylic oxidation sites excluding steroid dienone is 1. The molecule has 0 heterocycles. The standard InChI is InChI=1S/C11H19F2O5P/c1-5-16-10(14)9(4)8-11(12,13)19(15,17-6-2)18-7-3/h8H,5-7H2,1-4H3/b9-8+. The SMILES string of the molecule is CCOC(=O)/C(C)=C/C(F)(F)P(=O)(OCC)OCC. The van der Waals surface area contributed by atoms with Gasteiger partial charge in [0.05, 0.1) is 19.8 Å². The number of carbonyl (C=O) groups is 1. The summed E-state index contributed by atoms with van der Waals surface area (Å²) >= 11 is 0. The van der Waals surface area contributed by atoms with Crippen molar-refractivity contribution in [3.8, 4) is 0 Å². The Morgan fingerprint density at radius 3 is 2.00 bits per heavy atom. The Balaban J connectivity index is 5.26. The van der Waals surface area contributed by atoms with Crippen molar-refractivity contribution in [3.05, 3.63) is 11.6 Å². The van der Waals surface area contributed by atoms with Gasteiger partial charge in [-0.1, -0.05) is 0 Å². The minimum absolute atomic E-state index is 0.0597. The van der Waals surface area contributed by atoms with E-state index >= 15 is 0 Å². The van der Waals surface area contributed by atoms with E-state index in [0.717, 1.165) is 6.92 Å². The molecule has 0 fully saturated rings. The molecule has 19 heavy (non-hydrogen) atoms. The zero-order valence-corrected chi connectivity index (χ0v) is 12.3. The topological polar surface area (TPSA) is 61.8 Å². The molecule has 0 aromatic carbocycles. The molecule has 112 valence electrons. The van der Waals surface area contributed by atoms with Crippen molar-refractivity contribution >= 4 is 13.6 Å². The second-order valence-corrected chi connectivity index (χ2v) is 5.58. The summed E-state index contributed by atoms with van der Waals surface area (Å²) in [4.78, 5) is 11.3. The maximum Gasteiger partial charge on any atom is 0.403 e. The predicted octanol–water partition coefficient (Wildman–Crippen LogP) is 3.35. The second-order valence-electron chi connectivity index (χ2n) is 3.47. The summed E-state index contributed by atoms with van der Waals surface area (Å²) < 4.78 is 53.5. The van der Waals surface area contributed by atoms with Crippen LogP contribution in [0.5, 0.6) is 0 Å². The number of esters is 1. The van der Waals surface area contributed by atoms with Gasteiger partial charge >= 0.3 is 19.2 Å². The number of halogens is 2. The van der Waals surface area contributed by atoms with Crippen molar-refractivity contribution in [2.75, 3.05) is 19.8 Å². The van der Waals surface area contributed by atoms with Crippen molar-refractivity contribution in [2.24, 2.45) is 0 Å². The summed E-state index contributed by atoms with van der Waals surface area (Å²) in [6.45, 7) is 5.21. The fourth-order valence-electron chi connectivity index (χ4n) is 1.19. The zero-order valence-electron chi connectivity index (χ0n) is 11.4. The van der Waals surface area contributed by atoms with Gasteiger partial charge in [-0.15, -0.1) is 0 Å². The van der Waals surface area contributed by atoms with Crippen molar-refractivity contribution < 1.29 is 31.9 Å². The van der Waals surface area contributed by atoms with Crippen LogP contribution in [0.1, 0.15) is 27.7 Å². The number of alkyl halides is 2. The van der Waals surface area contributed by atoms with Crippen molar-refractivity contribution in [3.63, 3.8) is 0 Å². The lowest BCUT2D eigenvalue weighted by Crippen LogP contribution is -2.20. The van der Waals surface area contributed by atoms with Gasteiger partial charge in [-0.05, 0) is 27.7 Å². The summed E-state index contributed by atoms with van der Waals surface area (Å²) in [5, 5.41) is 0. The van der Waals surface area contributed by atoms with Crippen LogP contribution in [0.25, 0.3) is 0 Å². The monoisotopic (exact) mass is 300 g/mol. The highest BCUT2D eigenvalue weighted by atomic mass is 31.2. The van der Waals surface area contributed by atoms with Crippen LogP contribution >= 0.6 is 7.60 Å². The minimum atomic E-state index is -4.65. The van der Waals surface area contributed by atoms with Gasteiger partial charge in [0.25, 0.3) is 0 Å². The lowest BCUT2D eigenvalue weighted by Gasteiger charge is -2.23. The van der Waals surface area contributed by atoms with E-state index in [1.165, 1.54) is 13.8 Å². The second kappa shape index (κ2) is 7.72. The molecule has 0 saturated heterocycles. The average molecular weight is 300 g/mol. The first-order valence-corrected chi connectivity index (χ1v) is 7.41. The van der Waals surface area contributed by atoms with Gasteiger partial charge in [0, 0.05) is 11.6 Å². The summed E-state index contributed by atoms with van der Waals surface area (Å²) in [6.07, 6.45) is 0.261. The normalized spacial score (nSPS) is 13.5. The largest absolute Gasteiger partial charge is 0.463 e. The van der Waals surface area contributed by atoms with Crippen molar-refractivity contribution in [1.29, 1.82) is 0 Å². The molecule has 0 amide bonds. The van der Waals surface area contributed by atoms with E-state index in [-0.39, 0.29) is 31.5 Å². The predicted molar refractivity (Wildman–Crippen MR) is 66.2 cm³/mol. The smallest absolute Gasteiger partial charge is 0.403 e. The molecule has 0 unspecified atom stereocenters. The molecular weight excluding hydrogens is 281 g/mol. The maximum absolute atomic E-state index is 13.9. The van der Waals surface area contributed by atoms with Crippen molar-refractivity contribution in [2.45, 2.75) is 33.4 Å². The Bertz CT molecular complexity index is 371. The van der Waals surface area contributed by atoms with Gasteiger partial charge in [-0.3, -0.25) is 4.57 Å². The molecular formula is C11H19F2O5P. The van der Waals surface area contributed by atoms with Crippen LogP contribution in [0.15, 0.2) is 11.6 Å². The first-order chi connectivity index (χ1) is 8.74. The third-order valence-electron chi connectivity index (χ3n) is 1.95. The lowest BCUT2D eigenvalue weighted by atomic mass is 10.3. The van der Waals surface area contributed by atoms with E-state index in [9.17, 15) is 18.1 Å². The van der Waals surface area contributed by atoms with E-state index in [0.29, 0.717) is 0 Å². The number of rotatable bonds is 8. The van der Waals surface area contributed by atoms with Crippen LogP contribution in [-0.4, -0.2) is 31.5 Å². The molecule has 0 rings (SSSR count). The summed E-state index contributed by atoms with van der Waals surface area (Å²) in [6, 6.07) is 0. The number of hydrogen-bond acceptors (Lipinski definition) is 5. The molecule has 0 aliphatic carbocycles. The quantitative estimate of drug-likeness (QED) is 0.391. The molecule has 0 atom stereocenters. The Kier molecular flexibility index (Phi) is 7.41. The summed E-state index contributed by atoms with van der Waals surface area (Å²) in [5.41, 5.74) is -4.25. The highest BCUT2D eigenvalue weighted by Gasteiger charge is 2.52. The van der Waals surface area contributed by atoms with Crippen LogP contribution in [0, 0.1) is 0 Å². The third kappa shape index (κ3) is 5.01. The Morgan fingerprint density at radius 2 is 1.63 bits per heavy atom. The molecule has 0 aliphatic rings. The Hall–Kier alpha value is -0.780. The van der Waals surface area contributed by atoms with Gasteiger partial charge in [0.1, 0.15) is 0 Å². The molecule has 0 spiro atoms. The molecule has 8 heteroatoms. The average Bonchev–Trinajstić information content (AvgIpc) is 2.29. The minimum Gasteiger partial charge on any atom is -0.463 e. The van der Waals surface area contributed by atoms with Gasteiger partial charge in [0.2, 0.25) is 0 Å². The number of carbonyl (C=O) groups excluding carboxylic acids is 1. The van der Waals surface area contributed by atoms with Gasteiger partial charge in [-0.2, -0.15) is 8.78 Å². The van der Waals surface area contributed by atoms with Crippen molar-refractivity contribution in [1.82, 2.24) is 0 Å². The molecule has 0 saturated carbocycles. The summed E-state index contributed by atoms with van der Waals surface area (Å²) in [7, 11) is -4.65. The maximum atomic E-state index is 13.9. The van der Waals surface area contributed by atoms with Crippen LogP contribution in [0.3, 0.4) is 0 Å². The number of ether oxygens (including phenoxy) is 1. The molecule has 0 radical (unpaired) electrons. The van der Waals surface area contributed by atoms with E-state index in [1.807, 2.05) is 0 Å². The van der Waals surface area contributed by atoms with E-state index < -0.39 is 19.2 Å². The van der Waals surface area contributed by atoms with E-state index in [2.05, 4.69) is 13.8 Å². The van der Waals surface area contributed by atoms with Crippen LogP contribution in [0.4, 0.5) is 8.78 Å². The first-order valence-electron chi connectivity index (χ1n) is 5.87.